The molecule has 10 heteroatoms. The standard InChI is InChI=1S/C31H34FN5O4/c1-19-16-20(2)28(33-21(19)3)34-12-14-35(15-13-34)30(39)26-11-8-24(17-27(26)32)37-22(4)29(38)36(31(37)40)18-23-6-9-25(41-5)10-7-23/h6-11,16-17,22H,12-15,18H2,1-5H3. The van der Waals surface area contributed by atoms with Crippen molar-refractivity contribution in [3.63, 3.8) is 0 Å². The van der Waals surface area contributed by atoms with Crippen LogP contribution >= 0.6 is 0 Å². The van der Waals surface area contributed by atoms with E-state index >= 15 is 4.39 Å². The number of aromatic nitrogens is 1. The molecule has 2 fully saturated rings. The molecule has 2 aliphatic heterocycles. The van der Waals surface area contributed by atoms with Crippen molar-refractivity contribution in [2.75, 3.05) is 43.1 Å². The Morgan fingerprint density at radius 1 is 0.976 bits per heavy atom. The minimum Gasteiger partial charge on any atom is -0.497 e. The van der Waals surface area contributed by atoms with Crippen LogP contribution in [0.5, 0.6) is 5.75 Å². The van der Waals surface area contributed by atoms with E-state index in [1.54, 1.807) is 43.2 Å². The third-order valence-corrected chi connectivity index (χ3v) is 7.91. The molecule has 0 spiro atoms. The molecule has 2 aliphatic rings. The molecule has 1 aromatic heterocycles. The SMILES string of the molecule is COc1ccc(CN2C(=O)C(C)N(c3ccc(C(=O)N4CCN(c5nc(C)c(C)cc5C)CC4)c(F)c3)C2=O)cc1. The zero-order valence-electron chi connectivity index (χ0n) is 24.0. The summed E-state index contributed by atoms with van der Waals surface area (Å²) in [5.41, 5.74) is 4.12. The molecular weight excluding hydrogens is 525 g/mol. The van der Waals surface area contributed by atoms with Gasteiger partial charge in [0.1, 0.15) is 23.4 Å². The number of piperazine rings is 1. The molecule has 9 nitrogen and oxygen atoms in total. The van der Waals surface area contributed by atoms with Gasteiger partial charge in [-0.05, 0) is 74.7 Å². The number of methoxy groups -OCH3 is 1. The van der Waals surface area contributed by atoms with E-state index in [0.717, 1.165) is 39.2 Å². The highest BCUT2D eigenvalue weighted by atomic mass is 19.1. The monoisotopic (exact) mass is 559 g/mol. The topological polar surface area (TPSA) is 86.3 Å². The van der Waals surface area contributed by atoms with Gasteiger partial charge in [0.2, 0.25) is 0 Å². The fourth-order valence-corrected chi connectivity index (χ4v) is 5.39. The van der Waals surface area contributed by atoms with Gasteiger partial charge in [-0.3, -0.25) is 19.4 Å². The smallest absolute Gasteiger partial charge is 0.332 e. The predicted octanol–water partition coefficient (Wildman–Crippen LogP) is 4.47. The lowest BCUT2D eigenvalue weighted by Gasteiger charge is -2.36. The average Bonchev–Trinajstić information content (AvgIpc) is 3.17. The summed E-state index contributed by atoms with van der Waals surface area (Å²) in [6.45, 7) is 9.79. The molecule has 0 saturated carbocycles. The Morgan fingerprint density at radius 2 is 1.66 bits per heavy atom. The number of anilines is 2. The highest BCUT2D eigenvalue weighted by Crippen LogP contribution is 2.30. The van der Waals surface area contributed by atoms with E-state index < -0.39 is 23.8 Å². The summed E-state index contributed by atoms with van der Waals surface area (Å²) in [6, 6.07) is 11.9. The maximum Gasteiger partial charge on any atom is 0.332 e. The lowest BCUT2D eigenvalue weighted by atomic mass is 10.1. The van der Waals surface area contributed by atoms with Gasteiger partial charge in [0, 0.05) is 37.6 Å². The summed E-state index contributed by atoms with van der Waals surface area (Å²) >= 11 is 0. The maximum atomic E-state index is 15.3. The molecule has 0 aliphatic carbocycles. The second kappa shape index (κ2) is 11.2. The number of halogens is 1. The van der Waals surface area contributed by atoms with Crippen molar-refractivity contribution in [3.05, 3.63) is 82.3 Å². The largest absolute Gasteiger partial charge is 0.497 e. The van der Waals surface area contributed by atoms with E-state index in [-0.39, 0.29) is 23.7 Å². The quantitative estimate of drug-likeness (QED) is 0.414. The molecule has 3 aromatic rings. The number of carbonyl (C=O) groups is 3. The molecule has 0 radical (unpaired) electrons. The maximum absolute atomic E-state index is 15.3. The minimum absolute atomic E-state index is 0.0663. The molecule has 214 valence electrons. The van der Waals surface area contributed by atoms with Crippen LogP contribution in [0.2, 0.25) is 0 Å². The van der Waals surface area contributed by atoms with Crippen molar-refractivity contribution in [1.29, 1.82) is 0 Å². The Kier molecular flexibility index (Phi) is 7.66. The van der Waals surface area contributed by atoms with Crippen LogP contribution in [-0.2, 0) is 11.3 Å². The molecule has 4 amide bonds. The van der Waals surface area contributed by atoms with Gasteiger partial charge in [0.25, 0.3) is 11.8 Å². The lowest BCUT2D eigenvalue weighted by molar-refractivity contribution is -0.127. The normalized spacial score (nSPS) is 17.5. The van der Waals surface area contributed by atoms with Crippen molar-refractivity contribution in [1.82, 2.24) is 14.8 Å². The number of imide groups is 1. The Hall–Kier alpha value is -4.47. The number of urea groups is 1. The molecule has 3 heterocycles. The lowest BCUT2D eigenvalue weighted by Crippen LogP contribution is -2.49. The number of rotatable bonds is 6. The van der Waals surface area contributed by atoms with Crippen molar-refractivity contribution < 1.29 is 23.5 Å². The summed E-state index contributed by atoms with van der Waals surface area (Å²) < 4.78 is 20.5. The molecule has 5 rings (SSSR count). The third-order valence-electron chi connectivity index (χ3n) is 7.91. The third kappa shape index (κ3) is 5.33. The first-order chi connectivity index (χ1) is 19.6. The molecule has 2 saturated heterocycles. The van der Waals surface area contributed by atoms with Gasteiger partial charge >= 0.3 is 6.03 Å². The van der Waals surface area contributed by atoms with Crippen LogP contribution < -0.4 is 14.5 Å². The van der Waals surface area contributed by atoms with E-state index in [1.165, 1.54) is 17.0 Å². The summed E-state index contributed by atoms with van der Waals surface area (Å²) in [5, 5.41) is 0. The van der Waals surface area contributed by atoms with Gasteiger partial charge in [0.05, 0.1) is 19.2 Å². The Balaban J connectivity index is 1.27. The molecular formula is C31H34FN5O4. The van der Waals surface area contributed by atoms with Crippen LogP contribution in [0, 0.1) is 26.6 Å². The number of benzene rings is 2. The predicted molar refractivity (Wildman–Crippen MR) is 154 cm³/mol. The molecule has 41 heavy (non-hydrogen) atoms. The van der Waals surface area contributed by atoms with E-state index in [9.17, 15) is 14.4 Å². The van der Waals surface area contributed by atoms with Gasteiger partial charge in [0.15, 0.2) is 0 Å². The molecule has 0 N–H and O–H groups in total. The second-order valence-corrected chi connectivity index (χ2v) is 10.6. The number of amides is 4. The summed E-state index contributed by atoms with van der Waals surface area (Å²) in [7, 11) is 1.56. The number of pyridine rings is 1. The molecule has 1 atom stereocenters. The van der Waals surface area contributed by atoms with E-state index in [0.29, 0.717) is 31.9 Å². The zero-order valence-corrected chi connectivity index (χ0v) is 24.0. The minimum atomic E-state index is -0.808. The van der Waals surface area contributed by atoms with Gasteiger partial charge in [-0.1, -0.05) is 18.2 Å². The Labute approximate surface area is 239 Å². The van der Waals surface area contributed by atoms with Crippen LogP contribution in [-0.4, -0.2) is 72.0 Å². The van der Waals surface area contributed by atoms with Crippen LogP contribution in [0.15, 0.2) is 48.5 Å². The van der Waals surface area contributed by atoms with Crippen molar-refractivity contribution in [2.24, 2.45) is 0 Å². The van der Waals surface area contributed by atoms with E-state index in [4.69, 9.17) is 9.72 Å². The fraction of sp³-hybridized carbons (Fsp3) is 0.355. The summed E-state index contributed by atoms with van der Waals surface area (Å²) in [5.74, 6) is 0.0656. The molecule has 2 aromatic carbocycles. The van der Waals surface area contributed by atoms with E-state index in [1.807, 2.05) is 20.8 Å². The highest BCUT2D eigenvalue weighted by Gasteiger charge is 2.43. The Bertz CT molecular complexity index is 1500. The van der Waals surface area contributed by atoms with Crippen molar-refractivity contribution >= 4 is 29.4 Å². The van der Waals surface area contributed by atoms with Crippen LogP contribution in [0.25, 0.3) is 0 Å². The zero-order chi connectivity index (χ0) is 29.4. The number of nitrogens with zero attached hydrogens (tertiary/aromatic N) is 5. The van der Waals surface area contributed by atoms with E-state index in [2.05, 4.69) is 11.0 Å². The van der Waals surface area contributed by atoms with Crippen molar-refractivity contribution in [3.8, 4) is 5.75 Å². The van der Waals surface area contributed by atoms with Crippen LogP contribution in [0.1, 0.15) is 39.7 Å². The number of aryl methyl sites for hydroxylation is 3. The number of carbonyl (C=O) groups excluding carboxylic acids is 3. The fourth-order valence-electron chi connectivity index (χ4n) is 5.39. The van der Waals surface area contributed by atoms with Gasteiger partial charge in [-0.25, -0.2) is 14.2 Å². The number of hydrogen-bond donors (Lipinski definition) is 0. The van der Waals surface area contributed by atoms with Crippen LogP contribution in [0.4, 0.5) is 20.7 Å². The summed E-state index contributed by atoms with van der Waals surface area (Å²) in [4.78, 5) is 50.4. The van der Waals surface area contributed by atoms with Crippen LogP contribution in [0.3, 0.4) is 0 Å². The van der Waals surface area contributed by atoms with Gasteiger partial charge < -0.3 is 14.5 Å². The van der Waals surface area contributed by atoms with Gasteiger partial charge in [-0.2, -0.15) is 0 Å². The Morgan fingerprint density at radius 3 is 2.29 bits per heavy atom. The number of ether oxygens (including phenoxy) is 1. The average molecular weight is 560 g/mol. The first-order valence-electron chi connectivity index (χ1n) is 13.6. The second-order valence-electron chi connectivity index (χ2n) is 10.6. The summed E-state index contributed by atoms with van der Waals surface area (Å²) in [6.07, 6.45) is 0. The van der Waals surface area contributed by atoms with Crippen molar-refractivity contribution in [2.45, 2.75) is 40.3 Å². The molecule has 0 bridgehead atoms. The molecule has 1 unspecified atom stereocenters. The van der Waals surface area contributed by atoms with Gasteiger partial charge in [-0.15, -0.1) is 0 Å². The first-order valence-corrected chi connectivity index (χ1v) is 13.6. The number of hydrogen-bond acceptors (Lipinski definition) is 6. The highest BCUT2D eigenvalue weighted by molar-refractivity contribution is 6.14. The first kappa shape index (κ1) is 28.1.